The van der Waals surface area contributed by atoms with Crippen molar-refractivity contribution < 1.29 is 8.42 Å². The van der Waals surface area contributed by atoms with Gasteiger partial charge in [0.2, 0.25) is 10.0 Å². The molecule has 104 valence electrons. The molecule has 0 atom stereocenters. The third kappa shape index (κ3) is 4.51. The van der Waals surface area contributed by atoms with Gasteiger partial charge < -0.3 is 5.32 Å². The minimum Gasteiger partial charge on any atom is -0.315 e. The Kier molecular flexibility index (Phi) is 6.59. The Morgan fingerprint density at radius 1 is 1.33 bits per heavy atom. The number of rotatable bonds is 4. The minimum atomic E-state index is -3.08. The summed E-state index contributed by atoms with van der Waals surface area (Å²) in [7, 11) is -3.08. The van der Waals surface area contributed by atoms with Crippen molar-refractivity contribution in [3.63, 3.8) is 0 Å². The van der Waals surface area contributed by atoms with Crippen molar-refractivity contribution in [3.05, 3.63) is 22.4 Å². The van der Waals surface area contributed by atoms with Crippen molar-refractivity contribution in [2.45, 2.75) is 12.8 Å². The molecular weight excluding hydrogens is 292 g/mol. The van der Waals surface area contributed by atoms with E-state index in [9.17, 15) is 8.42 Å². The van der Waals surface area contributed by atoms with E-state index in [1.807, 2.05) is 17.5 Å². The van der Waals surface area contributed by atoms with E-state index in [4.69, 9.17) is 0 Å². The fraction of sp³-hybridized carbons (Fsp3) is 0.636. The van der Waals surface area contributed by atoms with Crippen LogP contribution in [0.3, 0.4) is 0 Å². The van der Waals surface area contributed by atoms with Crippen LogP contribution in [0.4, 0.5) is 0 Å². The largest absolute Gasteiger partial charge is 0.315 e. The molecule has 7 heteroatoms. The number of thiophene rings is 1. The first-order chi connectivity index (χ1) is 8.18. The summed E-state index contributed by atoms with van der Waals surface area (Å²) in [6, 6.07) is 3.95. The average molecular weight is 311 g/mol. The predicted molar refractivity (Wildman–Crippen MR) is 78.1 cm³/mol. The second-order valence-corrected chi connectivity index (χ2v) is 7.27. The Bertz CT molecular complexity index is 426. The summed E-state index contributed by atoms with van der Waals surface area (Å²) in [5.74, 6) is 0.230. The lowest BCUT2D eigenvalue weighted by Gasteiger charge is -2.19. The minimum absolute atomic E-state index is 0. The molecule has 0 saturated carbocycles. The van der Waals surface area contributed by atoms with Crippen molar-refractivity contribution >= 4 is 33.8 Å². The molecule has 1 aromatic rings. The zero-order chi connectivity index (χ0) is 12.1. The van der Waals surface area contributed by atoms with Gasteiger partial charge in [-0.1, -0.05) is 6.07 Å². The van der Waals surface area contributed by atoms with E-state index in [1.165, 1.54) is 0 Å². The molecule has 0 spiro atoms. The van der Waals surface area contributed by atoms with Crippen LogP contribution in [-0.4, -0.2) is 44.7 Å². The Labute approximate surface area is 119 Å². The summed E-state index contributed by atoms with van der Waals surface area (Å²) in [6.07, 6.45) is 1.53. The number of halogens is 1. The summed E-state index contributed by atoms with van der Waals surface area (Å²) in [6.45, 7) is 2.93. The van der Waals surface area contributed by atoms with Crippen LogP contribution in [0.25, 0.3) is 0 Å². The fourth-order valence-corrected chi connectivity index (χ4v) is 4.26. The van der Waals surface area contributed by atoms with Crippen LogP contribution in [0, 0.1) is 0 Å². The zero-order valence-electron chi connectivity index (χ0n) is 10.2. The van der Waals surface area contributed by atoms with Crippen molar-refractivity contribution in [2.75, 3.05) is 31.9 Å². The standard InChI is InChI=1S/C11H18N2O2S2.ClH/c14-17(15,10-4-11-3-1-9-16-11)13-7-2-5-12-6-8-13;/h1,3,9,12H,2,4-8,10H2;1H. The van der Waals surface area contributed by atoms with Gasteiger partial charge >= 0.3 is 0 Å². The molecule has 1 saturated heterocycles. The van der Waals surface area contributed by atoms with Gasteiger partial charge in [0.15, 0.2) is 0 Å². The first-order valence-electron chi connectivity index (χ1n) is 5.89. The third-order valence-corrected chi connectivity index (χ3v) is 5.69. The highest BCUT2D eigenvalue weighted by Gasteiger charge is 2.22. The molecular formula is C11H19ClN2O2S2. The van der Waals surface area contributed by atoms with Crippen LogP contribution >= 0.6 is 23.7 Å². The maximum Gasteiger partial charge on any atom is 0.214 e. The number of nitrogens with one attached hydrogen (secondary N) is 1. The topological polar surface area (TPSA) is 49.4 Å². The average Bonchev–Trinajstić information content (AvgIpc) is 2.66. The summed E-state index contributed by atoms with van der Waals surface area (Å²) in [5.41, 5.74) is 0. The highest BCUT2D eigenvalue weighted by Crippen LogP contribution is 2.12. The molecule has 2 heterocycles. The first kappa shape index (κ1) is 15.9. The third-order valence-electron chi connectivity index (χ3n) is 2.88. The summed E-state index contributed by atoms with van der Waals surface area (Å²) < 4.78 is 25.9. The van der Waals surface area contributed by atoms with Gasteiger partial charge in [0, 0.05) is 24.5 Å². The molecule has 18 heavy (non-hydrogen) atoms. The molecule has 0 unspecified atom stereocenters. The SMILES string of the molecule is Cl.O=S(=O)(CCc1cccs1)N1CCCNCC1. The van der Waals surface area contributed by atoms with Crippen molar-refractivity contribution in [3.8, 4) is 0 Å². The van der Waals surface area contributed by atoms with Crippen LogP contribution in [-0.2, 0) is 16.4 Å². The van der Waals surface area contributed by atoms with E-state index in [2.05, 4.69) is 5.32 Å². The molecule has 4 nitrogen and oxygen atoms in total. The van der Waals surface area contributed by atoms with Gasteiger partial charge in [0.1, 0.15) is 0 Å². The van der Waals surface area contributed by atoms with Crippen LogP contribution < -0.4 is 5.32 Å². The Morgan fingerprint density at radius 2 is 2.17 bits per heavy atom. The molecule has 1 N–H and O–H groups in total. The van der Waals surface area contributed by atoms with E-state index >= 15 is 0 Å². The zero-order valence-corrected chi connectivity index (χ0v) is 12.6. The molecule has 0 amide bonds. The lowest BCUT2D eigenvalue weighted by Crippen LogP contribution is -2.36. The molecule has 0 aliphatic carbocycles. The Balaban J connectivity index is 0.00000162. The highest BCUT2D eigenvalue weighted by molar-refractivity contribution is 7.89. The normalized spacial score (nSPS) is 18.0. The van der Waals surface area contributed by atoms with Gasteiger partial charge in [-0.2, -0.15) is 0 Å². The number of aryl methyl sites for hydroxylation is 1. The van der Waals surface area contributed by atoms with Crippen molar-refractivity contribution in [2.24, 2.45) is 0 Å². The van der Waals surface area contributed by atoms with Crippen LogP contribution in [0.2, 0.25) is 0 Å². The second kappa shape index (κ2) is 7.45. The Morgan fingerprint density at radius 3 is 2.89 bits per heavy atom. The Hall–Kier alpha value is -0.140. The van der Waals surface area contributed by atoms with E-state index in [0.717, 1.165) is 24.4 Å². The second-order valence-electron chi connectivity index (χ2n) is 4.15. The van der Waals surface area contributed by atoms with Gasteiger partial charge in [-0.15, -0.1) is 23.7 Å². The van der Waals surface area contributed by atoms with Crippen LogP contribution in [0.5, 0.6) is 0 Å². The predicted octanol–water partition coefficient (Wildman–Crippen LogP) is 1.34. The molecule has 1 aliphatic rings. The molecule has 0 aromatic carbocycles. The number of nitrogens with zero attached hydrogens (tertiary/aromatic N) is 1. The summed E-state index contributed by atoms with van der Waals surface area (Å²) >= 11 is 1.62. The van der Waals surface area contributed by atoms with Gasteiger partial charge in [0.05, 0.1) is 5.75 Å². The molecule has 1 fully saturated rings. The smallest absolute Gasteiger partial charge is 0.214 e. The van der Waals surface area contributed by atoms with Crippen molar-refractivity contribution in [1.82, 2.24) is 9.62 Å². The van der Waals surface area contributed by atoms with Gasteiger partial charge in [-0.25, -0.2) is 12.7 Å². The summed E-state index contributed by atoms with van der Waals surface area (Å²) in [4.78, 5) is 1.14. The fourth-order valence-electron chi connectivity index (χ4n) is 1.91. The van der Waals surface area contributed by atoms with Crippen molar-refractivity contribution in [1.29, 1.82) is 0 Å². The van der Waals surface area contributed by atoms with Gasteiger partial charge in [-0.3, -0.25) is 0 Å². The molecule has 1 aromatic heterocycles. The van der Waals surface area contributed by atoms with E-state index < -0.39 is 10.0 Å². The summed E-state index contributed by atoms with van der Waals surface area (Å²) in [5, 5.41) is 5.20. The number of hydrogen-bond acceptors (Lipinski definition) is 4. The lowest BCUT2D eigenvalue weighted by atomic mass is 10.4. The first-order valence-corrected chi connectivity index (χ1v) is 8.38. The maximum absolute atomic E-state index is 12.1. The molecule has 2 rings (SSSR count). The lowest BCUT2D eigenvalue weighted by molar-refractivity contribution is 0.432. The van der Waals surface area contributed by atoms with Gasteiger partial charge in [-0.05, 0) is 30.8 Å². The monoisotopic (exact) mass is 310 g/mol. The molecule has 0 radical (unpaired) electrons. The maximum atomic E-state index is 12.1. The molecule has 1 aliphatic heterocycles. The quantitative estimate of drug-likeness (QED) is 0.913. The number of sulfonamides is 1. The van der Waals surface area contributed by atoms with E-state index in [0.29, 0.717) is 19.5 Å². The van der Waals surface area contributed by atoms with Crippen LogP contribution in [0.15, 0.2) is 17.5 Å². The molecule has 0 bridgehead atoms. The van der Waals surface area contributed by atoms with Gasteiger partial charge in [0.25, 0.3) is 0 Å². The van der Waals surface area contributed by atoms with E-state index in [-0.39, 0.29) is 18.2 Å². The van der Waals surface area contributed by atoms with E-state index in [1.54, 1.807) is 15.6 Å². The number of hydrogen-bond donors (Lipinski definition) is 1. The highest BCUT2D eigenvalue weighted by atomic mass is 35.5. The van der Waals surface area contributed by atoms with Crippen LogP contribution in [0.1, 0.15) is 11.3 Å².